The number of phenolic OH excluding ortho intramolecular Hbond substituents is 1. The Balaban J connectivity index is 2.78. The molecule has 1 rings (SSSR count). The molecule has 0 spiro atoms. The van der Waals surface area contributed by atoms with Gasteiger partial charge in [0.05, 0.1) is 17.0 Å². The molecule has 6 heteroatoms. The molecule has 0 bridgehead atoms. The second kappa shape index (κ2) is 5.64. The van der Waals surface area contributed by atoms with Crippen molar-refractivity contribution < 1.29 is 15.1 Å². The normalized spacial score (nSPS) is 12.4. The van der Waals surface area contributed by atoms with Crippen molar-refractivity contribution in [3.05, 3.63) is 29.8 Å². The molecular weight excluding hydrogens is 222 g/mol. The topological polar surface area (TPSA) is 94.3 Å². The molecule has 0 aromatic heterocycles. The molecule has 0 saturated carbocycles. The van der Waals surface area contributed by atoms with Gasteiger partial charge in [0.25, 0.3) is 5.91 Å². The number of carbonyl (C=O) groups is 1. The van der Waals surface area contributed by atoms with Crippen molar-refractivity contribution in [3.8, 4) is 5.75 Å². The van der Waals surface area contributed by atoms with Crippen molar-refractivity contribution in [1.29, 1.82) is 0 Å². The molecule has 1 aromatic carbocycles. The minimum absolute atomic E-state index is 0.120. The van der Waals surface area contributed by atoms with Gasteiger partial charge in [-0.3, -0.25) is 4.79 Å². The van der Waals surface area contributed by atoms with E-state index in [9.17, 15) is 9.90 Å². The Bertz CT molecular complexity index is 481. The van der Waals surface area contributed by atoms with Crippen molar-refractivity contribution >= 4 is 17.3 Å². The fraction of sp³-hybridized carbons (Fsp3) is 0.182. The molecule has 0 radical (unpaired) electrons. The number of para-hydroxylation sites is 1. The molecule has 0 unspecified atom stereocenters. The Kier molecular flexibility index (Phi) is 4.21. The van der Waals surface area contributed by atoms with E-state index in [-0.39, 0.29) is 11.3 Å². The number of nitrogens with zero attached hydrogens (tertiary/aromatic N) is 2. The van der Waals surface area contributed by atoms with Crippen molar-refractivity contribution in [2.75, 3.05) is 0 Å². The molecule has 0 aliphatic carbocycles. The Morgan fingerprint density at radius 3 is 2.47 bits per heavy atom. The van der Waals surface area contributed by atoms with Gasteiger partial charge in [0.2, 0.25) is 0 Å². The highest BCUT2D eigenvalue weighted by Gasteiger charge is 2.09. The zero-order valence-electron chi connectivity index (χ0n) is 9.51. The summed E-state index contributed by atoms with van der Waals surface area (Å²) in [6.07, 6.45) is 0. The lowest BCUT2D eigenvalue weighted by atomic mass is 10.2. The average Bonchev–Trinajstić information content (AvgIpc) is 2.35. The molecule has 0 fully saturated rings. The second-order valence-electron chi connectivity index (χ2n) is 3.34. The minimum atomic E-state index is -0.534. The molecule has 0 heterocycles. The standard InChI is InChI=1S/C11H13N3O3/c1-7(8(2)14-17)12-13-11(16)9-5-3-4-6-10(9)15/h3-6,15,17H,1-2H3,(H,13,16)/b12-7-,14-8-. The lowest BCUT2D eigenvalue weighted by Crippen LogP contribution is -2.21. The van der Waals surface area contributed by atoms with Crippen LogP contribution in [0.3, 0.4) is 0 Å². The number of aromatic hydroxyl groups is 1. The third kappa shape index (κ3) is 3.30. The van der Waals surface area contributed by atoms with E-state index in [0.717, 1.165) is 0 Å². The lowest BCUT2D eigenvalue weighted by Gasteiger charge is -2.03. The van der Waals surface area contributed by atoms with Crippen LogP contribution in [-0.2, 0) is 0 Å². The summed E-state index contributed by atoms with van der Waals surface area (Å²) < 4.78 is 0. The third-order valence-electron chi connectivity index (χ3n) is 2.15. The van der Waals surface area contributed by atoms with E-state index in [1.807, 2.05) is 0 Å². The summed E-state index contributed by atoms with van der Waals surface area (Å²) in [5.41, 5.74) is 3.04. The molecular formula is C11H13N3O3. The number of amides is 1. The highest BCUT2D eigenvalue weighted by molar-refractivity contribution is 6.40. The van der Waals surface area contributed by atoms with Crippen LogP contribution in [0, 0.1) is 0 Å². The Morgan fingerprint density at radius 2 is 1.88 bits per heavy atom. The summed E-state index contributed by atoms with van der Waals surface area (Å²) in [4.78, 5) is 11.6. The highest BCUT2D eigenvalue weighted by Crippen LogP contribution is 2.14. The smallest absolute Gasteiger partial charge is 0.275 e. The first kappa shape index (κ1) is 12.7. The van der Waals surface area contributed by atoms with Crippen LogP contribution in [0.5, 0.6) is 5.75 Å². The summed E-state index contributed by atoms with van der Waals surface area (Å²) in [6.45, 7) is 3.13. The predicted molar refractivity (Wildman–Crippen MR) is 63.6 cm³/mol. The van der Waals surface area contributed by atoms with E-state index < -0.39 is 5.91 Å². The van der Waals surface area contributed by atoms with Crippen LogP contribution < -0.4 is 5.43 Å². The van der Waals surface area contributed by atoms with Crippen LogP contribution in [-0.4, -0.2) is 27.6 Å². The average molecular weight is 235 g/mol. The van der Waals surface area contributed by atoms with E-state index in [1.165, 1.54) is 12.1 Å². The first-order valence-corrected chi connectivity index (χ1v) is 4.88. The van der Waals surface area contributed by atoms with Gasteiger partial charge in [0, 0.05) is 0 Å². The third-order valence-corrected chi connectivity index (χ3v) is 2.15. The van der Waals surface area contributed by atoms with Crippen LogP contribution in [0.25, 0.3) is 0 Å². The highest BCUT2D eigenvalue weighted by atomic mass is 16.4. The van der Waals surface area contributed by atoms with Gasteiger partial charge in [-0.15, -0.1) is 0 Å². The Morgan fingerprint density at radius 1 is 1.24 bits per heavy atom. The summed E-state index contributed by atoms with van der Waals surface area (Å²) >= 11 is 0. The van der Waals surface area contributed by atoms with Crippen molar-refractivity contribution in [2.45, 2.75) is 13.8 Å². The summed E-state index contributed by atoms with van der Waals surface area (Å²) in [5, 5.41) is 24.6. The number of phenols is 1. The monoisotopic (exact) mass is 235 g/mol. The van der Waals surface area contributed by atoms with Gasteiger partial charge in [-0.25, -0.2) is 5.43 Å². The molecule has 17 heavy (non-hydrogen) atoms. The molecule has 1 amide bonds. The number of hydrogen-bond acceptors (Lipinski definition) is 5. The Hall–Kier alpha value is -2.37. The van der Waals surface area contributed by atoms with Gasteiger partial charge in [-0.05, 0) is 26.0 Å². The summed E-state index contributed by atoms with van der Waals surface area (Å²) in [5.74, 6) is -0.654. The Labute approximate surface area is 98.3 Å². The molecule has 3 N–H and O–H groups in total. The quantitative estimate of drug-likeness (QED) is 0.419. The van der Waals surface area contributed by atoms with Gasteiger partial charge < -0.3 is 10.3 Å². The van der Waals surface area contributed by atoms with Crippen molar-refractivity contribution in [1.82, 2.24) is 5.43 Å². The maximum Gasteiger partial charge on any atom is 0.275 e. The van der Waals surface area contributed by atoms with Crippen LogP contribution >= 0.6 is 0 Å². The van der Waals surface area contributed by atoms with E-state index >= 15 is 0 Å². The predicted octanol–water partition coefficient (Wildman–Crippen LogP) is 1.35. The number of hydrazone groups is 1. The SMILES string of the molecule is CC(=N/O)/C(C)=N\NC(=O)c1ccccc1O. The fourth-order valence-electron chi connectivity index (χ4n) is 1.01. The number of benzene rings is 1. The minimum Gasteiger partial charge on any atom is -0.507 e. The molecule has 6 nitrogen and oxygen atoms in total. The van der Waals surface area contributed by atoms with E-state index in [1.54, 1.807) is 26.0 Å². The maximum atomic E-state index is 11.6. The molecule has 1 aromatic rings. The van der Waals surface area contributed by atoms with Gasteiger partial charge in [0.1, 0.15) is 5.75 Å². The van der Waals surface area contributed by atoms with E-state index in [4.69, 9.17) is 5.21 Å². The van der Waals surface area contributed by atoms with Crippen LogP contribution in [0.4, 0.5) is 0 Å². The van der Waals surface area contributed by atoms with Gasteiger partial charge in [-0.2, -0.15) is 5.10 Å². The van der Waals surface area contributed by atoms with Gasteiger partial charge in [0.15, 0.2) is 0 Å². The zero-order valence-corrected chi connectivity index (χ0v) is 9.51. The van der Waals surface area contributed by atoms with Crippen LogP contribution in [0.1, 0.15) is 24.2 Å². The number of rotatable bonds is 3. The zero-order chi connectivity index (χ0) is 12.8. The number of nitrogens with one attached hydrogen (secondary N) is 1. The van der Waals surface area contributed by atoms with Gasteiger partial charge >= 0.3 is 0 Å². The summed E-state index contributed by atoms with van der Waals surface area (Å²) in [6, 6.07) is 6.13. The van der Waals surface area contributed by atoms with Gasteiger partial charge in [-0.1, -0.05) is 17.3 Å². The van der Waals surface area contributed by atoms with Crippen LogP contribution in [0.15, 0.2) is 34.5 Å². The van der Waals surface area contributed by atoms with E-state index in [2.05, 4.69) is 15.7 Å². The first-order valence-electron chi connectivity index (χ1n) is 4.88. The fourth-order valence-corrected chi connectivity index (χ4v) is 1.01. The molecule has 0 saturated heterocycles. The maximum absolute atomic E-state index is 11.6. The van der Waals surface area contributed by atoms with Crippen molar-refractivity contribution in [2.24, 2.45) is 10.3 Å². The number of oxime groups is 1. The number of carbonyl (C=O) groups excluding carboxylic acids is 1. The second-order valence-corrected chi connectivity index (χ2v) is 3.34. The van der Waals surface area contributed by atoms with E-state index in [0.29, 0.717) is 11.4 Å². The lowest BCUT2D eigenvalue weighted by molar-refractivity contribution is 0.0952. The molecule has 0 aliphatic rings. The summed E-state index contributed by atoms with van der Waals surface area (Å²) in [7, 11) is 0. The molecule has 0 atom stereocenters. The first-order chi connectivity index (χ1) is 8.06. The number of hydrogen-bond donors (Lipinski definition) is 3. The van der Waals surface area contributed by atoms with Crippen LogP contribution in [0.2, 0.25) is 0 Å². The molecule has 90 valence electrons. The molecule has 0 aliphatic heterocycles. The van der Waals surface area contributed by atoms with Crippen molar-refractivity contribution in [3.63, 3.8) is 0 Å². The largest absolute Gasteiger partial charge is 0.507 e.